The lowest BCUT2D eigenvalue weighted by molar-refractivity contribution is -0.125. The molecule has 1 heterocycles. The van der Waals surface area contributed by atoms with Gasteiger partial charge in [-0.15, -0.1) is 0 Å². The van der Waals surface area contributed by atoms with Crippen LogP contribution in [0, 0.1) is 0 Å². The van der Waals surface area contributed by atoms with Gasteiger partial charge < -0.3 is 19.9 Å². The number of amides is 2. The van der Waals surface area contributed by atoms with Gasteiger partial charge in [-0.3, -0.25) is 9.59 Å². The molecule has 0 aliphatic heterocycles. The summed E-state index contributed by atoms with van der Waals surface area (Å²) >= 11 is 1.29. The Morgan fingerprint density at radius 2 is 1.93 bits per heavy atom. The van der Waals surface area contributed by atoms with Crippen molar-refractivity contribution in [2.75, 3.05) is 17.7 Å². The molecule has 0 radical (unpaired) electrons. The number of ether oxygens (including phenoxy) is 1. The van der Waals surface area contributed by atoms with E-state index in [0.717, 1.165) is 6.42 Å². The average molecular weight is 419 g/mol. The predicted octanol–water partition coefficient (Wildman–Crippen LogP) is 2.61. The van der Waals surface area contributed by atoms with E-state index in [-0.39, 0.29) is 35.3 Å². The van der Waals surface area contributed by atoms with Crippen molar-refractivity contribution in [2.45, 2.75) is 37.9 Å². The van der Waals surface area contributed by atoms with Crippen molar-refractivity contribution in [2.24, 2.45) is 7.05 Å². The summed E-state index contributed by atoms with van der Waals surface area (Å²) in [5.74, 6) is -1.19. The van der Waals surface area contributed by atoms with Crippen LogP contribution < -0.4 is 10.6 Å². The first-order valence-corrected chi connectivity index (χ1v) is 10.2. The second-order valence-corrected chi connectivity index (χ2v) is 8.01. The third kappa shape index (κ3) is 6.94. The molecule has 29 heavy (non-hydrogen) atoms. The molecule has 156 valence electrons. The molecule has 1 aromatic heterocycles. The minimum Gasteiger partial charge on any atom is -0.452 e. The Hall–Kier alpha value is -2.81. The van der Waals surface area contributed by atoms with Gasteiger partial charge >= 0.3 is 5.97 Å². The van der Waals surface area contributed by atoms with E-state index in [0.29, 0.717) is 10.8 Å². The van der Waals surface area contributed by atoms with E-state index in [2.05, 4.69) is 15.6 Å². The molecule has 0 atom stereocenters. The van der Waals surface area contributed by atoms with Gasteiger partial charge in [-0.05, 0) is 32.4 Å². The number of nitrogens with zero attached hydrogens (tertiary/aromatic N) is 2. The number of esters is 1. The molecule has 0 bridgehead atoms. The first-order valence-electron chi connectivity index (χ1n) is 9.19. The Labute approximate surface area is 174 Å². The van der Waals surface area contributed by atoms with Gasteiger partial charge in [-0.25, -0.2) is 9.78 Å². The average Bonchev–Trinajstić information content (AvgIpc) is 3.09. The van der Waals surface area contributed by atoms with Crippen LogP contribution in [0.15, 0.2) is 41.8 Å². The van der Waals surface area contributed by atoms with E-state index in [9.17, 15) is 14.4 Å². The van der Waals surface area contributed by atoms with Gasteiger partial charge in [-0.2, -0.15) is 0 Å². The molecule has 2 rings (SSSR count). The minimum absolute atomic E-state index is 0.142. The highest BCUT2D eigenvalue weighted by atomic mass is 32.2. The van der Waals surface area contributed by atoms with Crippen LogP contribution in [0.25, 0.3) is 0 Å². The fourth-order valence-electron chi connectivity index (χ4n) is 2.29. The Balaban J connectivity index is 1.93. The number of anilines is 1. The Morgan fingerprint density at radius 3 is 2.59 bits per heavy atom. The van der Waals surface area contributed by atoms with E-state index in [1.807, 2.05) is 32.4 Å². The zero-order valence-electron chi connectivity index (χ0n) is 17.0. The van der Waals surface area contributed by atoms with Crippen molar-refractivity contribution in [3.8, 4) is 0 Å². The van der Waals surface area contributed by atoms with E-state index >= 15 is 0 Å². The normalized spacial score (nSPS) is 11.0. The maximum Gasteiger partial charge on any atom is 0.340 e. The van der Waals surface area contributed by atoms with Gasteiger partial charge in [0.2, 0.25) is 5.91 Å². The summed E-state index contributed by atoms with van der Waals surface area (Å²) in [5.41, 5.74) is 0.142. The predicted molar refractivity (Wildman–Crippen MR) is 112 cm³/mol. The highest BCUT2D eigenvalue weighted by Gasteiger charge is 2.20. The minimum atomic E-state index is -0.679. The molecule has 1 aromatic carbocycles. The Bertz CT molecular complexity index is 879. The summed E-state index contributed by atoms with van der Waals surface area (Å²) in [7, 11) is 1.84. The molecule has 0 aliphatic carbocycles. The second-order valence-electron chi connectivity index (χ2n) is 7.06. The number of hydrogen-bond donors (Lipinski definition) is 2. The molecule has 0 saturated carbocycles. The number of benzene rings is 1. The van der Waals surface area contributed by atoms with Crippen LogP contribution in [0.2, 0.25) is 0 Å². The standard InChI is InChI=1S/C20H26N4O4S/c1-5-20(2,3)23-16(25)12-28-18(27)14-8-6-7-9-15(14)22-17(26)13-29-19-21-10-11-24(19)4/h6-11H,5,12-13H2,1-4H3,(H,22,26)(H,23,25). The summed E-state index contributed by atoms with van der Waals surface area (Å²) in [6.07, 6.45) is 4.20. The molecular formula is C20H26N4O4S. The number of para-hydroxylation sites is 1. The molecule has 8 nitrogen and oxygen atoms in total. The Kier molecular flexibility index (Phi) is 7.83. The topological polar surface area (TPSA) is 102 Å². The van der Waals surface area contributed by atoms with E-state index < -0.39 is 5.97 Å². The van der Waals surface area contributed by atoms with Crippen LogP contribution in [0.4, 0.5) is 5.69 Å². The number of carbonyl (C=O) groups excluding carboxylic acids is 3. The summed E-state index contributed by atoms with van der Waals surface area (Å²) in [4.78, 5) is 40.8. The fourth-order valence-corrected chi connectivity index (χ4v) is 3.02. The fraction of sp³-hybridized carbons (Fsp3) is 0.400. The number of nitrogens with one attached hydrogen (secondary N) is 2. The number of aromatic nitrogens is 2. The molecule has 9 heteroatoms. The molecule has 2 aromatic rings. The van der Waals surface area contributed by atoms with Crippen molar-refractivity contribution >= 4 is 35.2 Å². The molecule has 0 fully saturated rings. The first-order chi connectivity index (χ1) is 13.7. The van der Waals surface area contributed by atoms with Gasteiger partial charge in [0.15, 0.2) is 11.8 Å². The summed E-state index contributed by atoms with van der Waals surface area (Å²) in [6, 6.07) is 6.52. The monoisotopic (exact) mass is 418 g/mol. The van der Waals surface area contributed by atoms with Crippen molar-refractivity contribution in [1.29, 1.82) is 0 Å². The SMILES string of the molecule is CCC(C)(C)NC(=O)COC(=O)c1ccccc1NC(=O)CSc1nccn1C. The van der Waals surface area contributed by atoms with Crippen LogP contribution in [0.1, 0.15) is 37.6 Å². The highest BCUT2D eigenvalue weighted by molar-refractivity contribution is 7.99. The van der Waals surface area contributed by atoms with E-state index in [1.165, 1.54) is 17.8 Å². The first kappa shape index (κ1) is 22.5. The van der Waals surface area contributed by atoms with Gasteiger partial charge in [0.25, 0.3) is 5.91 Å². The molecule has 0 spiro atoms. The van der Waals surface area contributed by atoms with Gasteiger partial charge in [0, 0.05) is 25.0 Å². The number of hydrogen-bond acceptors (Lipinski definition) is 6. The lowest BCUT2D eigenvalue weighted by Gasteiger charge is -2.24. The van der Waals surface area contributed by atoms with Gasteiger partial charge in [0.1, 0.15) is 0 Å². The molecular weight excluding hydrogens is 392 g/mol. The zero-order chi connectivity index (χ0) is 21.4. The molecule has 0 saturated heterocycles. The van der Waals surface area contributed by atoms with Crippen LogP contribution in [0.5, 0.6) is 0 Å². The van der Waals surface area contributed by atoms with Gasteiger partial charge in [-0.1, -0.05) is 30.8 Å². The third-order valence-electron chi connectivity index (χ3n) is 4.23. The quantitative estimate of drug-likeness (QED) is 0.479. The van der Waals surface area contributed by atoms with Crippen LogP contribution >= 0.6 is 11.8 Å². The largest absolute Gasteiger partial charge is 0.452 e. The number of thioether (sulfide) groups is 1. The number of imidazole rings is 1. The number of carbonyl (C=O) groups is 3. The maximum atomic E-state index is 12.4. The lowest BCUT2D eigenvalue weighted by atomic mass is 10.0. The second kappa shape index (κ2) is 10.1. The third-order valence-corrected chi connectivity index (χ3v) is 5.28. The maximum absolute atomic E-state index is 12.4. The van der Waals surface area contributed by atoms with Gasteiger partial charge in [0.05, 0.1) is 17.0 Å². The van der Waals surface area contributed by atoms with Crippen molar-refractivity contribution in [3.05, 3.63) is 42.2 Å². The summed E-state index contributed by atoms with van der Waals surface area (Å²) < 4.78 is 6.93. The van der Waals surface area contributed by atoms with E-state index in [1.54, 1.807) is 30.6 Å². The Morgan fingerprint density at radius 1 is 1.21 bits per heavy atom. The smallest absolute Gasteiger partial charge is 0.340 e. The number of aryl methyl sites for hydroxylation is 1. The number of rotatable bonds is 9. The molecule has 2 N–H and O–H groups in total. The van der Waals surface area contributed by atoms with Crippen molar-refractivity contribution in [3.63, 3.8) is 0 Å². The molecule has 0 aliphatic rings. The lowest BCUT2D eigenvalue weighted by Crippen LogP contribution is -2.44. The van der Waals surface area contributed by atoms with Crippen LogP contribution in [-0.2, 0) is 21.4 Å². The van der Waals surface area contributed by atoms with Crippen molar-refractivity contribution in [1.82, 2.24) is 14.9 Å². The summed E-state index contributed by atoms with van der Waals surface area (Å²) in [6.45, 7) is 5.35. The van der Waals surface area contributed by atoms with E-state index in [4.69, 9.17) is 4.74 Å². The van der Waals surface area contributed by atoms with Crippen LogP contribution in [0.3, 0.4) is 0 Å². The zero-order valence-corrected chi connectivity index (χ0v) is 17.8. The van der Waals surface area contributed by atoms with Crippen molar-refractivity contribution < 1.29 is 19.1 Å². The summed E-state index contributed by atoms with van der Waals surface area (Å²) in [5, 5.41) is 6.22. The molecule has 2 amide bonds. The molecule has 0 unspecified atom stereocenters. The van der Waals surface area contributed by atoms with Crippen LogP contribution in [-0.4, -0.2) is 45.2 Å². The highest BCUT2D eigenvalue weighted by Crippen LogP contribution is 2.19.